The first-order valence-corrected chi connectivity index (χ1v) is 25.7. The van der Waals surface area contributed by atoms with Crippen molar-refractivity contribution in [3.05, 3.63) is 72.9 Å². The monoisotopic (exact) mass is 886 g/mol. The van der Waals surface area contributed by atoms with Gasteiger partial charge in [-0.25, -0.2) is 0 Å². The molecular formula is C54H95NO8. The van der Waals surface area contributed by atoms with Gasteiger partial charge in [0.05, 0.1) is 25.4 Å². The molecule has 0 spiro atoms. The van der Waals surface area contributed by atoms with Crippen LogP contribution in [0, 0.1) is 0 Å². The molecule has 364 valence electrons. The van der Waals surface area contributed by atoms with E-state index < -0.39 is 49.5 Å². The van der Waals surface area contributed by atoms with E-state index >= 15 is 0 Å². The molecule has 9 heteroatoms. The summed E-state index contributed by atoms with van der Waals surface area (Å²) < 4.78 is 11.2. The third-order valence-corrected chi connectivity index (χ3v) is 11.8. The van der Waals surface area contributed by atoms with E-state index in [1.165, 1.54) is 109 Å². The number of rotatable bonds is 42. The van der Waals surface area contributed by atoms with E-state index in [-0.39, 0.29) is 12.5 Å². The maximum absolute atomic E-state index is 13.0. The molecule has 0 aromatic rings. The van der Waals surface area contributed by atoms with Gasteiger partial charge in [-0.3, -0.25) is 4.79 Å². The van der Waals surface area contributed by atoms with Crippen molar-refractivity contribution in [2.45, 2.75) is 249 Å². The second-order valence-electron chi connectivity index (χ2n) is 17.6. The Morgan fingerprint density at radius 2 is 1.00 bits per heavy atom. The van der Waals surface area contributed by atoms with E-state index in [9.17, 15) is 30.3 Å². The molecule has 0 aliphatic carbocycles. The Bertz CT molecular complexity index is 1210. The molecule has 0 aromatic heterocycles. The number of nitrogens with one attached hydrogen (secondary N) is 1. The molecule has 1 amide bonds. The van der Waals surface area contributed by atoms with Gasteiger partial charge in [0.1, 0.15) is 24.4 Å². The van der Waals surface area contributed by atoms with Crippen molar-refractivity contribution < 1.29 is 39.8 Å². The SMILES string of the molecule is CC/C=C\C/C=C\C/C=C\C/C=C\CCCCCCCCCCCCC(=O)NC(COC1OC(CO)C(O)C(O)C1O)C(O)/C=C/CC/C=C/CCCCCCCCCCCCC. The van der Waals surface area contributed by atoms with Gasteiger partial charge in [0.15, 0.2) is 6.29 Å². The molecule has 1 saturated heterocycles. The van der Waals surface area contributed by atoms with Crippen molar-refractivity contribution in [1.29, 1.82) is 0 Å². The smallest absolute Gasteiger partial charge is 0.220 e. The van der Waals surface area contributed by atoms with Crippen LogP contribution in [0.15, 0.2) is 72.9 Å². The van der Waals surface area contributed by atoms with Crippen LogP contribution >= 0.6 is 0 Å². The second kappa shape index (κ2) is 43.5. The van der Waals surface area contributed by atoms with Crippen molar-refractivity contribution in [2.24, 2.45) is 0 Å². The van der Waals surface area contributed by atoms with Crippen LogP contribution in [0.5, 0.6) is 0 Å². The summed E-state index contributed by atoms with van der Waals surface area (Å²) in [7, 11) is 0. The normalized spacial score (nSPS) is 20.8. The minimum Gasteiger partial charge on any atom is -0.394 e. The largest absolute Gasteiger partial charge is 0.394 e. The fraction of sp³-hybridized carbons (Fsp3) is 0.759. The zero-order valence-electron chi connectivity index (χ0n) is 40.1. The number of carbonyl (C=O) groups excluding carboxylic acids is 1. The van der Waals surface area contributed by atoms with Crippen LogP contribution in [-0.4, -0.2) is 87.5 Å². The lowest BCUT2D eigenvalue weighted by molar-refractivity contribution is -0.302. The van der Waals surface area contributed by atoms with E-state index in [4.69, 9.17) is 9.47 Å². The van der Waals surface area contributed by atoms with Crippen LogP contribution in [0.25, 0.3) is 0 Å². The van der Waals surface area contributed by atoms with Gasteiger partial charge in [-0.05, 0) is 70.6 Å². The molecule has 1 aliphatic heterocycles. The van der Waals surface area contributed by atoms with Crippen LogP contribution in [-0.2, 0) is 14.3 Å². The Balaban J connectivity index is 2.31. The van der Waals surface area contributed by atoms with Crippen LogP contribution in [0.2, 0.25) is 0 Å². The molecule has 0 bridgehead atoms. The van der Waals surface area contributed by atoms with Gasteiger partial charge in [0.25, 0.3) is 0 Å². The summed E-state index contributed by atoms with van der Waals surface area (Å²) in [6, 6.07) is -0.827. The second-order valence-corrected chi connectivity index (χ2v) is 17.6. The predicted octanol–water partition coefficient (Wildman–Crippen LogP) is 11.7. The average molecular weight is 886 g/mol. The van der Waals surface area contributed by atoms with E-state index in [2.05, 4.69) is 79.9 Å². The maximum atomic E-state index is 13.0. The van der Waals surface area contributed by atoms with Crippen molar-refractivity contribution in [2.75, 3.05) is 13.2 Å². The lowest BCUT2D eigenvalue weighted by Crippen LogP contribution is -2.60. The van der Waals surface area contributed by atoms with Crippen molar-refractivity contribution in [3.63, 3.8) is 0 Å². The number of amides is 1. The van der Waals surface area contributed by atoms with Gasteiger partial charge < -0.3 is 40.3 Å². The van der Waals surface area contributed by atoms with Crippen molar-refractivity contribution in [3.8, 4) is 0 Å². The number of carbonyl (C=O) groups is 1. The quantitative estimate of drug-likeness (QED) is 0.0262. The Kier molecular flexibility index (Phi) is 40.5. The highest BCUT2D eigenvalue weighted by molar-refractivity contribution is 5.76. The molecule has 0 radical (unpaired) electrons. The van der Waals surface area contributed by atoms with E-state index in [1.807, 2.05) is 6.08 Å². The minimum absolute atomic E-state index is 0.194. The van der Waals surface area contributed by atoms with E-state index in [0.29, 0.717) is 6.42 Å². The van der Waals surface area contributed by atoms with Crippen LogP contribution in [0.1, 0.15) is 206 Å². The van der Waals surface area contributed by atoms with E-state index in [0.717, 1.165) is 77.0 Å². The first-order valence-electron chi connectivity index (χ1n) is 25.7. The number of allylic oxidation sites excluding steroid dienone is 11. The zero-order chi connectivity index (χ0) is 45.9. The molecule has 7 unspecified atom stereocenters. The van der Waals surface area contributed by atoms with Gasteiger partial charge in [-0.2, -0.15) is 0 Å². The third kappa shape index (κ3) is 33.7. The molecule has 0 saturated carbocycles. The highest BCUT2D eigenvalue weighted by Crippen LogP contribution is 2.22. The fourth-order valence-corrected chi connectivity index (χ4v) is 7.69. The molecule has 1 rings (SSSR count). The average Bonchev–Trinajstić information content (AvgIpc) is 3.28. The molecule has 0 aromatic carbocycles. The Morgan fingerprint density at radius 3 is 1.52 bits per heavy atom. The predicted molar refractivity (Wildman–Crippen MR) is 262 cm³/mol. The molecule has 1 aliphatic rings. The number of aliphatic hydroxyl groups is 5. The van der Waals surface area contributed by atoms with Gasteiger partial charge in [0.2, 0.25) is 5.91 Å². The lowest BCUT2D eigenvalue weighted by Gasteiger charge is -2.40. The first-order chi connectivity index (χ1) is 30.8. The van der Waals surface area contributed by atoms with Crippen LogP contribution in [0.4, 0.5) is 0 Å². The summed E-state index contributed by atoms with van der Waals surface area (Å²) >= 11 is 0. The molecule has 1 heterocycles. The van der Waals surface area contributed by atoms with Gasteiger partial charge in [-0.15, -0.1) is 0 Å². The Labute approximate surface area is 385 Å². The summed E-state index contributed by atoms with van der Waals surface area (Å²) in [5.74, 6) is -0.194. The summed E-state index contributed by atoms with van der Waals surface area (Å²) in [5.41, 5.74) is 0. The van der Waals surface area contributed by atoms with E-state index in [1.54, 1.807) is 6.08 Å². The van der Waals surface area contributed by atoms with Crippen molar-refractivity contribution >= 4 is 5.91 Å². The number of unbranched alkanes of at least 4 members (excludes halogenated alkanes) is 22. The molecule has 63 heavy (non-hydrogen) atoms. The molecule has 6 N–H and O–H groups in total. The van der Waals surface area contributed by atoms with Crippen molar-refractivity contribution in [1.82, 2.24) is 5.32 Å². The third-order valence-electron chi connectivity index (χ3n) is 11.8. The van der Waals surface area contributed by atoms with Gasteiger partial charge >= 0.3 is 0 Å². The maximum Gasteiger partial charge on any atom is 0.220 e. The number of hydrogen-bond donors (Lipinski definition) is 6. The minimum atomic E-state index is -1.58. The summed E-state index contributed by atoms with van der Waals surface area (Å²) in [5, 5.41) is 54.3. The lowest BCUT2D eigenvalue weighted by atomic mass is 9.99. The van der Waals surface area contributed by atoms with Gasteiger partial charge in [0, 0.05) is 6.42 Å². The molecular weight excluding hydrogens is 791 g/mol. The van der Waals surface area contributed by atoms with Gasteiger partial charge in [-0.1, -0.05) is 202 Å². The summed E-state index contributed by atoms with van der Waals surface area (Å²) in [4.78, 5) is 13.0. The number of hydrogen-bond acceptors (Lipinski definition) is 8. The molecule has 1 fully saturated rings. The number of aliphatic hydroxyl groups excluding tert-OH is 5. The summed E-state index contributed by atoms with van der Waals surface area (Å²) in [6.07, 6.45) is 52.3. The highest BCUT2D eigenvalue weighted by Gasteiger charge is 2.44. The topological polar surface area (TPSA) is 149 Å². The number of ether oxygens (including phenoxy) is 2. The zero-order valence-corrected chi connectivity index (χ0v) is 40.1. The molecule has 7 atom stereocenters. The Hall–Kier alpha value is -2.37. The van der Waals surface area contributed by atoms with Crippen LogP contribution in [0.3, 0.4) is 0 Å². The first kappa shape index (κ1) is 58.6. The standard InChI is InChI=1S/C54H95NO8/c1-3-5-7-9-11-13-15-17-19-21-22-23-24-25-26-28-30-32-34-36-38-40-42-44-50(58)55-47(46-62-54-53(61)52(60)51(59)49(45-56)63-54)48(57)43-41-39-37-35-33-31-29-27-20-18-16-14-12-10-8-6-4-2/h5,7,11,13,17,19,22-23,33,35,41,43,47-49,51-54,56-57,59-61H,3-4,6,8-10,12,14-16,18,20-21,24-32,34,36-40,42,44-46H2,1-2H3,(H,55,58)/b7-5-,13-11-,19-17-,23-22-,35-33+,43-41+. The summed E-state index contributed by atoms with van der Waals surface area (Å²) in [6.45, 7) is 3.64. The fourth-order valence-electron chi connectivity index (χ4n) is 7.69. The highest BCUT2D eigenvalue weighted by atomic mass is 16.7. The Morgan fingerprint density at radius 1 is 0.556 bits per heavy atom. The molecule has 9 nitrogen and oxygen atoms in total. The van der Waals surface area contributed by atoms with Crippen LogP contribution < -0.4 is 5.32 Å².